The highest BCUT2D eigenvalue weighted by molar-refractivity contribution is 9.10. The summed E-state index contributed by atoms with van der Waals surface area (Å²) >= 11 is 10.6. The Bertz CT molecular complexity index is 1550. The molecule has 0 amide bonds. The maximum Gasteiger partial charge on any atom is 0.261 e. The zero-order chi connectivity index (χ0) is 20.8. The average Bonchev–Trinajstić information content (AvgIpc) is 3.08. The van der Waals surface area contributed by atoms with Gasteiger partial charge in [0.2, 0.25) is 0 Å². The molecule has 5 rings (SSSR count). The summed E-state index contributed by atoms with van der Waals surface area (Å²) in [6.07, 6.45) is 0. The number of hydrogen-bond donors (Lipinski definition) is 0. The van der Waals surface area contributed by atoms with Crippen LogP contribution in [0.15, 0.2) is 82.1 Å². The fourth-order valence-electron chi connectivity index (χ4n) is 3.70. The van der Waals surface area contributed by atoms with Gasteiger partial charge in [-0.2, -0.15) is 0 Å². The molecule has 0 unspecified atom stereocenters. The maximum absolute atomic E-state index is 14.0. The molecular weight excluding hydrogens is 483 g/mol. The summed E-state index contributed by atoms with van der Waals surface area (Å²) in [4.78, 5) is 14.3. The van der Waals surface area contributed by atoms with E-state index < -0.39 is 0 Å². The molecule has 0 bridgehead atoms. The van der Waals surface area contributed by atoms with Crippen molar-refractivity contribution < 1.29 is 4.39 Å². The van der Waals surface area contributed by atoms with Crippen molar-refractivity contribution in [2.75, 3.05) is 0 Å². The van der Waals surface area contributed by atoms with E-state index in [9.17, 15) is 9.18 Å². The Kier molecular flexibility index (Phi) is 4.89. The van der Waals surface area contributed by atoms with Gasteiger partial charge in [0.25, 0.3) is 5.56 Å². The lowest BCUT2D eigenvalue weighted by Crippen LogP contribution is -2.23. The van der Waals surface area contributed by atoms with E-state index >= 15 is 0 Å². The molecule has 0 fully saturated rings. The molecule has 7 heteroatoms. The van der Waals surface area contributed by atoms with E-state index in [1.807, 2.05) is 59.0 Å². The molecule has 2 aromatic heterocycles. The molecule has 0 saturated carbocycles. The lowest BCUT2D eigenvalue weighted by Gasteiger charge is -2.14. The minimum atomic E-state index is -0.327. The molecule has 0 aliphatic heterocycles. The second-order valence-corrected chi connectivity index (χ2v) is 9.46. The smallest absolute Gasteiger partial charge is 0.261 e. The number of thiazole rings is 1. The Morgan fingerprint density at radius 2 is 1.80 bits per heavy atom. The summed E-state index contributed by atoms with van der Waals surface area (Å²) in [6.45, 7) is 0.375. The Hall–Kier alpha value is -2.61. The third kappa shape index (κ3) is 3.23. The van der Waals surface area contributed by atoms with Crippen molar-refractivity contribution >= 4 is 56.0 Å². The largest absolute Gasteiger partial charge is 0.288 e. The van der Waals surface area contributed by atoms with Crippen LogP contribution in [-0.2, 0) is 6.54 Å². The van der Waals surface area contributed by atoms with Gasteiger partial charge in [-0.25, -0.2) is 4.39 Å². The lowest BCUT2D eigenvalue weighted by atomic mass is 10.1. The van der Waals surface area contributed by atoms with E-state index in [1.165, 1.54) is 23.5 Å². The molecule has 0 N–H and O–H groups in total. The summed E-state index contributed by atoms with van der Waals surface area (Å²) in [5.74, 6) is -0.327. The predicted octanol–water partition coefficient (Wildman–Crippen LogP) is 6.66. The molecule has 0 spiro atoms. The topological polar surface area (TPSA) is 26.4 Å². The maximum atomic E-state index is 14.0. The first-order valence-electron chi connectivity index (χ1n) is 9.20. The minimum absolute atomic E-state index is 0.101. The van der Waals surface area contributed by atoms with E-state index in [2.05, 4.69) is 15.9 Å². The number of rotatable bonds is 3. The van der Waals surface area contributed by atoms with Gasteiger partial charge in [0.05, 0.1) is 22.3 Å². The number of aromatic nitrogens is 2. The third-order valence-electron chi connectivity index (χ3n) is 4.98. The molecule has 0 aliphatic carbocycles. The highest BCUT2D eigenvalue weighted by atomic mass is 79.9. The average molecular weight is 497 g/mol. The molecule has 0 radical (unpaired) electrons. The SMILES string of the molecule is O=c1c2ccccc2n2c(=S)sc(-c3cccc(F)c3)c2n1Cc1cccc(Br)c1. The number of hydrogen-bond acceptors (Lipinski definition) is 3. The Morgan fingerprint density at radius 3 is 2.60 bits per heavy atom. The molecule has 148 valence electrons. The summed E-state index contributed by atoms with van der Waals surface area (Å²) < 4.78 is 19.2. The van der Waals surface area contributed by atoms with Gasteiger partial charge in [-0.3, -0.25) is 13.8 Å². The number of benzene rings is 3. The quantitative estimate of drug-likeness (QED) is 0.261. The zero-order valence-corrected chi connectivity index (χ0v) is 18.7. The van der Waals surface area contributed by atoms with Crippen molar-refractivity contribution in [3.63, 3.8) is 0 Å². The van der Waals surface area contributed by atoms with Crippen LogP contribution in [0.4, 0.5) is 4.39 Å². The van der Waals surface area contributed by atoms with Crippen LogP contribution in [0.1, 0.15) is 5.56 Å². The van der Waals surface area contributed by atoms with E-state index in [-0.39, 0.29) is 11.4 Å². The number of para-hydroxylation sites is 1. The summed E-state index contributed by atoms with van der Waals surface area (Å²) in [5, 5.41) is 0.597. The molecule has 5 aromatic rings. The van der Waals surface area contributed by atoms with E-state index in [1.54, 1.807) is 10.6 Å². The van der Waals surface area contributed by atoms with Crippen molar-refractivity contribution in [1.29, 1.82) is 0 Å². The molecule has 0 aliphatic rings. The Balaban J connectivity index is 1.92. The van der Waals surface area contributed by atoms with Crippen molar-refractivity contribution in [3.05, 3.63) is 103 Å². The first-order chi connectivity index (χ1) is 14.5. The fourth-order valence-corrected chi connectivity index (χ4v) is 5.57. The number of nitrogens with zero attached hydrogens (tertiary/aromatic N) is 2. The van der Waals surface area contributed by atoms with Crippen LogP contribution < -0.4 is 5.56 Å². The highest BCUT2D eigenvalue weighted by Gasteiger charge is 2.18. The van der Waals surface area contributed by atoms with Crippen molar-refractivity contribution in [2.24, 2.45) is 0 Å². The van der Waals surface area contributed by atoms with Crippen LogP contribution in [-0.4, -0.2) is 8.97 Å². The van der Waals surface area contributed by atoms with Gasteiger partial charge < -0.3 is 0 Å². The van der Waals surface area contributed by atoms with Gasteiger partial charge in [0, 0.05) is 4.47 Å². The van der Waals surface area contributed by atoms with Gasteiger partial charge in [0.15, 0.2) is 3.95 Å². The second-order valence-electron chi connectivity index (χ2n) is 6.90. The summed E-state index contributed by atoms with van der Waals surface area (Å²) in [5.41, 5.74) is 3.01. The molecule has 0 atom stereocenters. The van der Waals surface area contributed by atoms with Crippen molar-refractivity contribution in [1.82, 2.24) is 8.97 Å². The van der Waals surface area contributed by atoms with Crippen LogP contribution in [0.5, 0.6) is 0 Å². The van der Waals surface area contributed by atoms with E-state index in [4.69, 9.17) is 12.2 Å². The van der Waals surface area contributed by atoms with Gasteiger partial charge in [-0.05, 0) is 59.7 Å². The van der Waals surface area contributed by atoms with Crippen LogP contribution in [0.25, 0.3) is 27.0 Å². The predicted molar refractivity (Wildman–Crippen MR) is 127 cm³/mol. The molecule has 2 heterocycles. The lowest BCUT2D eigenvalue weighted by molar-refractivity contribution is 0.628. The Morgan fingerprint density at radius 1 is 1.00 bits per heavy atom. The first kappa shape index (κ1) is 19.4. The standard InChI is InChI=1S/C23H14BrFN2OS2/c24-16-7-3-5-14(11-16)13-26-21-20(15-6-4-8-17(25)12-15)30-23(29)27(21)19-10-2-1-9-18(19)22(26)28/h1-12H,13H2. The molecule has 3 aromatic carbocycles. The van der Waals surface area contributed by atoms with Gasteiger partial charge in [0.1, 0.15) is 11.5 Å². The first-order valence-corrected chi connectivity index (χ1v) is 11.2. The van der Waals surface area contributed by atoms with Crippen molar-refractivity contribution in [2.45, 2.75) is 6.54 Å². The van der Waals surface area contributed by atoms with Crippen LogP contribution in [0, 0.1) is 9.77 Å². The van der Waals surface area contributed by atoms with Gasteiger partial charge in [-0.1, -0.05) is 52.3 Å². The van der Waals surface area contributed by atoms with Gasteiger partial charge in [-0.15, -0.1) is 11.3 Å². The van der Waals surface area contributed by atoms with Crippen LogP contribution in [0.3, 0.4) is 0 Å². The summed E-state index contributed by atoms with van der Waals surface area (Å²) in [7, 11) is 0. The highest BCUT2D eigenvalue weighted by Crippen LogP contribution is 2.33. The number of fused-ring (bicyclic) bond motifs is 3. The fraction of sp³-hybridized carbons (Fsp3) is 0.0435. The molecule has 3 nitrogen and oxygen atoms in total. The molecule has 30 heavy (non-hydrogen) atoms. The normalized spacial score (nSPS) is 11.4. The van der Waals surface area contributed by atoms with Crippen LogP contribution >= 0.6 is 39.5 Å². The minimum Gasteiger partial charge on any atom is -0.288 e. The third-order valence-corrected chi connectivity index (χ3v) is 6.88. The molecular formula is C23H14BrFN2OS2. The summed E-state index contributed by atoms with van der Waals surface area (Å²) in [6, 6.07) is 21.7. The number of halogens is 2. The molecule has 0 saturated heterocycles. The Labute approximate surface area is 188 Å². The van der Waals surface area contributed by atoms with E-state index in [0.29, 0.717) is 27.1 Å². The van der Waals surface area contributed by atoms with Crippen molar-refractivity contribution in [3.8, 4) is 10.4 Å². The van der Waals surface area contributed by atoms with Crippen LogP contribution in [0.2, 0.25) is 0 Å². The van der Waals surface area contributed by atoms with E-state index in [0.717, 1.165) is 20.4 Å². The zero-order valence-electron chi connectivity index (χ0n) is 15.5. The van der Waals surface area contributed by atoms with Gasteiger partial charge >= 0.3 is 0 Å². The monoisotopic (exact) mass is 496 g/mol. The second kappa shape index (κ2) is 7.58.